The third-order valence-corrected chi connectivity index (χ3v) is 3.48. The van der Waals surface area contributed by atoms with E-state index >= 15 is 0 Å². The minimum absolute atomic E-state index is 0.153. The highest BCUT2D eigenvalue weighted by molar-refractivity contribution is 5.96. The summed E-state index contributed by atoms with van der Waals surface area (Å²) in [6.45, 7) is 9.20. The molecule has 0 amide bonds. The van der Waals surface area contributed by atoms with Crippen molar-refractivity contribution in [2.75, 3.05) is 26.7 Å². The third-order valence-electron chi connectivity index (χ3n) is 3.48. The van der Waals surface area contributed by atoms with Crippen LogP contribution in [0.3, 0.4) is 0 Å². The van der Waals surface area contributed by atoms with Gasteiger partial charge in [0.1, 0.15) is 0 Å². The lowest BCUT2D eigenvalue weighted by atomic mass is 9.88. The van der Waals surface area contributed by atoms with Crippen molar-refractivity contribution >= 4 is 5.71 Å². The van der Waals surface area contributed by atoms with Crippen LogP contribution in [0.15, 0.2) is 17.1 Å². The predicted molar refractivity (Wildman–Crippen MR) is 73.6 cm³/mol. The third kappa shape index (κ3) is 4.25. The van der Waals surface area contributed by atoms with E-state index in [9.17, 15) is 5.11 Å². The number of nitrogens with zero attached hydrogens (tertiary/aromatic N) is 2. The van der Waals surface area contributed by atoms with E-state index in [0.717, 1.165) is 31.8 Å². The summed E-state index contributed by atoms with van der Waals surface area (Å²) in [5.74, 6) is 0.707. The second-order valence-corrected chi connectivity index (χ2v) is 5.16. The number of hydrogen-bond donors (Lipinski definition) is 1. The maximum atomic E-state index is 9.93. The zero-order valence-corrected chi connectivity index (χ0v) is 11.6. The van der Waals surface area contributed by atoms with Crippen molar-refractivity contribution in [3.8, 4) is 0 Å². The number of hydrogen-bond acceptors (Lipinski definition) is 3. The molecule has 1 aliphatic heterocycles. The number of aliphatic hydroxyl groups excluding tert-OH is 1. The average Bonchev–Trinajstić information content (AvgIpc) is 2.31. The van der Waals surface area contributed by atoms with Gasteiger partial charge in [-0.2, -0.15) is 0 Å². The predicted octanol–water partition coefficient (Wildman–Crippen LogP) is 1.97. The summed E-state index contributed by atoms with van der Waals surface area (Å²) in [6, 6.07) is 0. The first-order chi connectivity index (χ1) is 8.08. The van der Waals surface area contributed by atoms with Crippen molar-refractivity contribution in [3.63, 3.8) is 0 Å². The van der Waals surface area contributed by atoms with Crippen molar-refractivity contribution in [1.29, 1.82) is 0 Å². The fourth-order valence-corrected chi connectivity index (χ4v) is 2.48. The highest BCUT2D eigenvalue weighted by Gasteiger charge is 2.30. The first-order valence-electron chi connectivity index (χ1n) is 6.61. The molecule has 2 unspecified atom stereocenters. The minimum atomic E-state index is -0.153. The van der Waals surface area contributed by atoms with Crippen LogP contribution >= 0.6 is 0 Å². The van der Waals surface area contributed by atoms with Crippen LogP contribution in [-0.2, 0) is 0 Å². The summed E-state index contributed by atoms with van der Waals surface area (Å²) in [5, 5.41) is 9.93. The molecule has 0 aromatic carbocycles. The lowest BCUT2D eigenvalue weighted by Gasteiger charge is -2.38. The van der Waals surface area contributed by atoms with Gasteiger partial charge < -0.3 is 5.11 Å². The fourth-order valence-electron chi connectivity index (χ4n) is 2.48. The van der Waals surface area contributed by atoms with Crippen molar-refractivity contribution in [2.45, 2.75) is 33.3 Å². The normalized spacial score (nSPS) is 32.3. The maximum absolute atomic E-state index is 9.93. The van der Waals surface area contributed by atoms with Crippen LogP contribution in [-0.4, -0.2) is 48.5 Å². The van der Waals surface area contributed by atoms with Gasteiger partial charge in [0.05, 0.1) is 6.10 Å². The second kappa shape index (κ2) is 6.92. The molecule has 3 nitrogen and oxygen atoms in total. The number of piperidine rings is 1. The minimum Gasteiger partial charge on any atom is -0.392 e. The first-order valence-corrected chi connectivity index (χ1v) is 6.61. The Labute approximate surface area is 105 Å². The van der Waals surface area contributed by atoms with Crippen LogP contribution in [0, 0.1) is 11.8 Å². The van der Waals surface area contributed by atoms with E-state index in [2.05, 4.69) is 42.8 Å². The molecule has 1 fully saturated rings. The van der Waals surface area contributed by atoms with E-state index in [-0.39, 0.29) is 6.10 Å². The molecule has 0 aromatic rings. The van der Waals surface area contributed by atoms with Crippen LogP contribution in [0.4, 0.5) is 0 Å². The highest BCUT2D eigenvalue weighted by atomic mass is 16.3. The highest BCUT2D eigenvalue weighted by Crippen LogP contribution is 2.21. The van der Waals surface area contributed by atoms with Crippen LogP contribution < -0.4 is 0 Å². The smallest absolute Gasteiger partial charge is 0.0615 e. The van der Waals surface area contributed by atoms with Gasteiger partial charge >= 0.3 is 0 Å². The van der Waals surface area contributed by atoms with Crippen LogP contribution in [0.1, 0.15) is 27.2 Å². The lowest BCUT2D eigenvalue weighted by Crippen LogP contribution is -2.48. The molecular formula is C14H26N2O. The monoisotopic (exact) mass is 238 g/mol. The Bertz CT molecular complexity index is 274. The number of likely N-dealkylation sites (tertiary alicyclic amines) is 1. The van der Waals surface area contributed by atoms with Crippen LogP contribution in [0.5, 0.6) is 0 Å². The maximum Gasteiger partial charge on any atom is 0.0615 e. The van der Waals surface area contributed by atoms with Gasteiger partial charge in [-0.25, -0.2) is 0 Å². The summed E-state index contributed by atoms with van der Waals surface area (Å²) in [5.41, 5.74) is 1.13. The molecule has 1 aliphatic rings. The Morgan fingerprint density at radius 3 is 2.41 bits per heavy atom. The van der Waals surface area contributed by atoms with Crippen molar-refractivity contribution in [2.24, 2.45) is 16.8 Å². The summed E-state index contributed by atoms with van der Waals surface area (Å²) < 4.78 is 0. The molecular weight excluding hydrogens is 212 g/mol. The fraction of sp³-hybridized carbons (Fsp3) is 0.786. The zero-order valence-electron chi connectivity index (χ0n) is 11.6. The van der Waals surface area contributed by atoms with Crippen LogP contribution in [0.25, 0.3) is 0 Å². The SMILES string of the molecule is CC/C=C\C(CN1CC(C)C(O)C(C)C1)=NC. The molecule has 1 saturated heterocycles. The second-order valence-electron chi connectivity index (χ2n) is 5.16. The average molecular weight is 238 g/mol. The number of allylic oxidation sites excluding steroid dienone is 1. The van der Waals surface area contributed by atoms with E-state index in [1.807, 2.05) is 7.05 Å². The molecule has 17 heavy (non-hydrogen) atoms. The summed E-state index contributed by atoms with van der Waals surface area (Å²) >= 11 is 0. The Hall–Kier alpha value is -0.670. The molecule has 0 aromatic heterocycles. The molecule has 3 heteroatoms. The van der Waals surface area contributed by atoms with Gasteiger partial charge in [0.15, 0.2) is 0 Å². The van der Waals surface area contributed by atoms with E-state index < -0.39 is 0 Å². The van der Waals surface area contributed by atoms with E-state index in [1.54, 1.807) is 0 Å². The number of rotatable bonds is 4. The molecule has 1 rings (SSSR count). The largest absolute Gasteiger partial charge is 0.392 e. The molecule has 0 spiro atoms. The number of aliphatic hydroxyl groups is 1. The Kier molecular flexibility index (Phi) is 5.86. The molecule has 98 valence electrons. The van der Waals surface area contributed by atoms with Gasteiger partial charge in [-0.3, -0.25) is 9.89 Å². The van der Waals surface area contributed by atoms with Gasteiger partial charge in [0, 0.05) is 32.4 Å². The van der Waals surface area contributed by atoms with Gasteiger partial charge in [0.2, 0.25) is 0 Å². The van der Waals surface area contributed by atoms with E-state index in [1.165, 1.54) is 0 Å². The molecule has 0 aliphatic carbocycles. The van der Waals surface area contributed by atoms with Gasteiger partial charge in [-0.05, 0) is 24.3 Å². The Morgan fingerprint density at radius 2 is 1.94 bits per heavy atom. The first kappa shape index (κ1) is 14.4. The Morgan fingerprint density at radius 1 is 1.35 bits per heavy atom. The Balaban J connectivity index is 2.54. The summed E-state index contributed by atoms with van der Waals surface area (Å²) in [4.78, 5) is 6.71. The van der Waals surface area contributed by atoms with Gasteiger partial charge in [0.25, 0.3) is 0 Å². The molecule has 0 saturated carbocycles. The van der Waals surface area contributed by atoms with E-state index in [0.29, 0.717) is 11.8 Å². The summed E-state index contributed by atoms with van der Waals surface area (Å²) in [6.07, 6.45) is 5.15. The van der Waals surface area contributed by atoms with Crippen molar-refractivity contribution < 1.29 is 5.11 Å². The molecule has 1 heterocycles. The molecule has 2 atom stereocenters. The quantitative estimate of drug-likeness (QED) is 0.760. The summed E-state index contributed by atoms with van der Waals surface area (Å²) in [7, 11) is 1.85. The van der Waals surface area contributed by atoms with Crippen LogP contribution in [0.2, 0.25) is 0 Å². The zero-order chi connectivity index (χ0) is 12.8. The van der Waals surface area contributed by atoms with E-state index in [4.69, 9.17) is 0 Å². The van der Waals surface area contributed by atoms with Crippen molar-refractivity contribution in [3.05, 3.63) is 12.2 Å². The lowest BCUT2D eigenvalue weighted by molar-refractivity contribution is -0.00256. The molecule has 0 bridgehead atoms. The molecule has 0 radical (unpaired) electrons. The number of aliphatic imine (C=N–C) groups is 1. The molecule has 1 N–H and O–H groups in total. The van der Waals surface area contributed by atoms with Gasteiger partial charge in [-0.15, -0.1) is 0 Å². The standard InChI is InChI=1S/C14H26N2O/c1-5-6-7-13(15-4)10-16-8-11(2)14(17)12(3)9-16/h6-7,11-12,14,17H,5,8-10H2,1-4H3/b7-6-,15-13?. The van der Waals surface area contributed by atoms with Gasteiger partial charge in [-0.1, -0.05) is 26.8 Å². The van der Waals surface area contributed by atoms with Crippen molar-refractivity contribution in [1.82, 2.24) is 4.90 Å². The topological polar surface area (TPSA) is 35.8 Å².